The van der Waals surface area contributed by atoms with Gasteiger partial charge in [0.25, 0.3) is 0 Å². The van der Waals surface area contributed by atoms with Crippen LogP contribution in [0.4, 0.5) is 0 Å². The van der Waals surface area contributed by atoms with Gasteiger partial charge in [-0.05, 0) is 36.3 Å². The van der Waals surface area contributed by atoms with E-state index in [0.717, 1.165) is 36.3 Å². The molecule has 10 heteroatoms. The van der Waals surface area contributed by atoms with E-state index in [9.17, 15) is 1.23 Å². The number of hydrogen-bond acceptors (Lipinski definition) is 3. The van der Waals surface area contributed by atoms with Gasteiger partial charge >= 0.3 is 9.46 Å². The zero-order valence-corrected chi connectivity index (χ0v) is 21.6. The van der Waals surface area contributed by atoms with Crippen molar-refractivity contribution in [1.29, 1.82) is 1.23 Å². The highest BCUT2D eigenvalue weighted by molar-refractivity contribution is 7.22. The molecule has 0 aliphatic carbocycles. The number of hydrogen-bond donors (Lipinski definition) is 0. The summed E-state index contributed by atoms with van der Waals surface area (Å²) in [4.78, 5) is 0. The molecule has 0 spiro atoms. The fourth-order valence-electron chi connectivity index (χ4n) is 2.89. The van der Waals surface area contributed by atoms with Gasteiger partial charge in [-0.3, -0.25) is 0 Å². The predicted molar refractivity (Wildman–Crippen MR) is 123 cm³/mol. The van der Waals surface area contributed by atoms with E-state index in [1.54, 1.807) is 0 Å². The van der Waals surface area contributed by atoms with Gasteiger partial charge in [-0.1, -0.05) is 60.3 Å². The highest BCUT2D eigenvalue weighted by Gasteiger charge is 2.43. The molecule has 0 fully saturated rings. The SMILES string of the molecule is [3H][Si](O[Si]([B]C)(CC)CC)(O[Si](C[B])(CC)CC)O[Si](C[B])(CC)CC. The van der Waals surface area contributed by atoms with E-state index in [0.29, 0.717) is 11.9 Å². The Hall–Kier alpha value is 0.942. The third kappa shape index (κ3) is 7.12. The fraction of sp³-hybridized carbons (Fsp3) is 1.00. The maximum absolute atomic E-state index is 9.26. The topological polar surface area (TPSA) is 27.7 Å². The molecular weight excluding hydrogens is 373 g/mol. The molecular formula is C15H38B3O3Si4. The quantitative estimate of drug-likeness (QED) is 0.377. The van der Waals surface area contributed by atoms with E-state index in [1.807, 2.05) is 0 Å². The third-order valence-corrected chi connectivity index (χ3v) is 23.1. The van der Waals surface area contributed by atoms with Crippen molar-refractivity contribution < 1.29 is 12.3 Å². The Morgan fingerprint density at radius 3 is 1.32 bits per heavy atom. The predicted octanol–water partition coefficient (Wildman–Crippen LogP) is 4.21. The van der Waals surface area contributed by atoms with Crippen LogP contribution in [-0.4, -0.2) is 58.1 Å². The summed E-state index contributed by atoms with van der Waals surface area (Å²) in [5, 5.41) is 0. The first-order chi connectivity index (χ1) is 12.2. The standard InChI is InChI=1S/C15H38B3O3Si4/c1-8-23(9-2,14-16)19-22(20-24(10-3,11-4)15-17)21-25(12-5,13-6)18-7/h22H,8-15H2,1-7H3/i22T. The lowest BCUT2D eigenvalue weighted by Crippen LogP contribution is -2.57. The van der Waals surface area contributed by atoms with E-state index in [2.05, 4.69) is 55.2 Å². The Balaban J connectivity index is 5.99. The average molecular weight is 413 g/mol. The number of rotatable bonds is 15. The van der Waals surface area contributed by atoms with E-state index in [4.69, 9.17) is 28.0 Å². The van der Waals surface area contributed by atoms with Crippen LogP contribution in [0.25, 0.3) is 0 Å². The van der Waals surface area contributed by atoms with Crippen molar-refractivity contribution in [1.82, 2.24) is 0 Å². The smallest absolute Gasteiger partial charge is 0.426 e. The first kappa shape index (κ1) is 24.0. The van der Waals surface area contributed by atoms with Crippen LogP contribution in [0, 0.1) is 0 Å². The molecule has 0 saturated carbocycles. The lowest BCUT2D eigenvalue weighted by molar-refractivity contribution is 0.292. The van der Waals surface area contributed by atoms with Crippen molar-refractivity contribution in [3.8, 4) is 0 Å². The van der Waals surface area contributed by atoms with Crippen LogP contribution in [0.1, 0.15) is 41.5 Å². The Morgan fingerprint density at radius 2 is 1.12 bits per heavy atom. The normalized spacial score (nSPS) is 14.4. The molecule has 0 atom stereocenters. The molecule has 0 bridgehead atoms. The molecule has 0 aromatic carbocycles. The van der Waals surface area contributed by atoms with E-state index in [1.165, 1.54) is 0 Å². The van der Waals surface area contributed by atoms with Crippen LogP contribution in [0.2, 0.25) is 55.0 Å². The maximum atomic E-state index is 9.26. The summed E-state index contributed by atoms with van der Waals surface area (Å²) in [6, 6.07) is 5.34. The summed E-state index contributed by atoms with van der Waals surface area (Å²) in [6.07, 6.45) is 0. The molecule has 3 nitrogen and oxygen atoms in total. The van der Waals surface area contributed by atoms with Gasteiger partial charge in [-0.25, -0.2) is 0 Å². The van der Waals surface area contributed by atoms with E-state index in [-0.39, 0.29) is 0 Å². The molecule has 0 N–H and O–H groups in total. The lowest BCUT2D eigenvalue weighted by Gasteiger charge is -2.41. The second-order valence-electron chi connectivity index (χ2n) is 6.81. The Kier molecular flexibility index (Phi) is 11.9. The van der Waals surface area contributed by atoms with Crippen LogP contribution >= 0.6 is 0 Å². The van der Waals surface area contributed by atoms with Crippen LogP contribution in [0.3, 0.4) is 0 Å². The van der Waals surface area contributed by atoms with Gasteiger partial charge in [0.05, 0.1) is 15.7 Å². The van der Waals surface area contributed by atoms with Crippen LogP contribution in [-0.2, 0) is 12.3 Å². The monoisotopic (exact) mass is 413 g/mol. The van der Waals surface area contributed by atoms with Crippen LogP contribution in [0.5, 0.6) is 0 Å². The first-order valence-corrected chi connectivity index (χ1v) is 18.7. The van der Waals surface area contributed by atoms with Gasteiger partial charge in [0, 0.05) is 0 Å². The van der Waals surface area contributed by atoms with Crippen molar-refractivity contribution in [3.63, 3.8) is 0 Å². The van der Waals surface area contributed by atoms with Crippen molar-refractivity contribution in [2.75, 3.05) is 0 Å². The molecule has 0 aliphatic rings. The van der Waals surface area contributed by atoms with Gasteiger partial charge in [-0.15, -0.1) is 0 Å². The molecule has 0 aliphatic heterocycles. The highest BCUT2D eigenvalue weighted by Crippen LogP contribution is 2.29. The summed E-state index contributed by atoms with van der Waals surface area (Å²) < 4.78 is 29.0. The Labute approximate surface area is 167 Å². The van der Waals surface area contributed by atoms with Crippen LogP contribution < -0.4 is 0 Å². The minimum Gasteiger partial charge on any atom is -0.426 e. The van der Waals surface area contributed by atoms with Crippen molar-refractivity contribution in [2.45, 2.75) is 96.5 Å². The van der Waals surface area contributed by atoms with Crippen molar-refractivity contribution in [2.24, 2.45) is 0 Å². The minimum atomic E-state index is -3.60. The minimum absolute atomic E-state index is 0.498. The Morgan fingerprint density at radius 1 is 0.760 bits per heavy atom. The van der Waals surface area contributed by atoms with Gasteiger partial charge in [0.2, 0.25) is 0 Å². The molecule has 0 heterocycles. The van der Waals surface area contributed by atoms with Gasteiger partial charge in [-0.2, -0.15) is 0 Å². The lowest BCUT2D eigenvalue weighted by atomic mass is 10.2. The van der Waals surface area contributed by atoms with Gasteiger partial charge in [0.1, 0.15) is 16.3 Å². The molecule has 0 saturated heterocycles. The zero-order valence-electron chi connectivity index (χ0n) is 18.6. The largest absolute Gasteiger partial charge is 0.452 e. The highest BCUT2D eigenvalue weighted by atomic mass is 28.5. The molecule has 141 valence electrons. The summed E-state index contributed by atoms with van der Waals surface area (Å²) in [7, 11) is 1.98. The molecule has 0 rings (SSSR count). The summed E-state index contributed by atoms with van der Waals surface area (Å²) in [5.74, 6) is 0.997. The van der Waals surface area contributed by atoms with E-state index < -0.39 is 34.3 Å². The molecule has 0 unspecified atom stereocenters. The summed E-state index contributed by atoms with van der Waals surface area (Å²) >= 11 is 0. The molecule has 0 aromatic rings. The van der Waals surface area contributed by atoms with Crippen LogP contribution in [0.15, 0.2) is 0 Å². The van der Waals surface area contributed by atoms with Gasteiger partial charge < -0.3 is 12.3 Å². The third-order valence-electron chi connectivity index (χ3n) is 5.93. The molecule has 0 aromatic heterocycles. The van der Waals surface area contributed by atoms with Gasteiger partial charge in [0.15, 0.2) is 16.6 Å². The van der Waals surface area contributed by atoms with E-state index >= 15 is 0 Å². The summed E-state index contributed by atoms with van der Waals surface area (Å²) in [5.41, 5.74) is 0. The second kappa shape index (κ2) is 12.4. The maximum Gasteiger partial charge on any atom is 0.452 e. The molecule has 5 radical (unpaired) electrons. The Bertz CT molecular complexity index is 318. The van der Waals surface area contributed by atoms with Crippen molar-refractivity contribution >= 4 is 56.8 Å². The summed E-state index contributed by atoms with van der Waals surface area (Å²) in [6.45, 7) is 17.0. The zero-order chi connectivity index (χ0) is 20.5. The van der Waals surface area contributed by atoms with Crippen molar-refractivity contribution in [3.05, 3.63) is 0 Å². The average Bonchev–Trinajstić information content (AvgIpc) is 2.69. The molecule has 25 heavy (non-hydrogen) atoms. The second-order valence-corrected chi connectivity index (χ2v) is 22.3. The molecule has 0 amide bonds. The fourth-order valence-corrected chi connectivity index (χ4v) is 16.7. The first-order valence-electron chi connectivity index (χ1n) is 10.5.